The Morgan fingerprint density at radius 2 is 1.90 bits per heavy atom. The van der Waals surface area contributed by atoms with Gasteiger partial charge in [0.15, 0.2) is 0 Å². The second kappa shape index (κ2) is 5.09. The van der Waals surface area contributed by atoms with Gasteiger partial charge >= 0.3 is 0 Å². The predicted octanol–water partition coefficient (Wildman–Crippen LogP) is 2.86. The van der Waals surface area contributed by atoms with Crippen molar-refractivity contribution in [1.29, 1.82) is 0 Å². The van der Waals surface area contributed by atoms with Crippen molar-refractivity contribution in [1.82, 2.24) is 4.57 Å². The van der Waals surface area contributed by atoms with Crippen molar-refractivity contribution in [2.45, 2.75) is 6.54 Å². The molecule has 0 aliphatic heterocycles. The van der Waals surface area contributed by atoms with Crippen LogP contribution in [0.1, 0.15) is 0 Å². The van der Waals surface area contributed by atoms with E-state index < -0.39 is 0 Å². The number of nitrogens with one attached hydrogen (secondary N) is 1. The van der Waals surface area contributed by atoms with Gasteiger partial charge in [-0.1, -0.05) is 24.3 Å². The zero-order chi connectivity index (χ0) is 13.9. The molecule has 4 heteroatoms. The van der Waals surface area contributed by atoms with E-state index in [-0.39, 0.29) is 12.5 Å². The van der Waals surface area contributed by atoms with E-state index >= 15 is 0 Å². The quantitative estimate of drug-likeness (QED) is 0.715. The largest absolute Gasteiger partial charge is 0.399 e. The van der Waals surface area contributed by atoms with Crippen LogP contribution in [0.25, 0.3) is 10.9 Å². The first-order valence-electron chi connectivity index (χ1n) is 6.42. The number of para-hydroxylation sites is 1. The highest BCUT2D eigenvalue weighted by Gasteiger charge is 2.06. The van der Waals surface area contributed by atoms with Crippen molar-refractivity contribution >= 4 is 28.2 Å². The van der Waals surface area contributed by atoms with Gasteiger partial charge in [0.2, 0.25) is 5.91 Å². The number of amides is 1. The lowest BCUT2D eigenvalue weighted by atomic mass is 10.2. The van der Waals surface area contributed by atoms with Gasteiger partial charge in [0.25, 0.3) is 0 Å². The maximum Gasteiger partial charge on any atom is 0.244 e. The van der Waals surface area contributed by atoms with Crippen LogP contribution in [0, 0.1) is 0 Å². The van der Waals surface area contributed by atoms with E-state index in [2.05, 4.69) is 5.32 Å². The molecule has 2 aromatic carbocycles. The summed E-state index contributed by atoms with van der Waals surface area (Å²) in [6.07, 6.45) is 1.90. The van der Waals surface area contributed by atoms with E-state index in [1.807, 2.05) is 65.4 Å². The third-order valence-electron chi connectivity index (χ3n) is 3.17. The fourth-order valence-corrected chi connectivity index (χ4v) is 2.22. The molecule has 0 spiro atoms. The van der Waals surface area contributed by atoms with E-state index in [0.29, 0.717) is 5.69 Å². The molecule has 0 saturated heterocycles. The van der Waals surface area contributed by atoms with Crippen molar-refractivity contribution in [3.63, 3.8) is 0 Å². The van der Waals surface area contributed by atoms with Crippen molar-refractivity contribution in [2.75, 3.05) is 11.1 Å². The molecular weight excluding hydrogens is 250 g/mol. The standard InChI is InChI=1S/C16H15N3O/c17-13-7-6-12-8-9-19(15(12)10-13)11-16(20)18-14-4-2-1-3-5-14/h1-10H,11,17H2,(H,18,20). The first kappa shape index (κ1) is 12.3. The van der Waals surface area contributed by atoms with E-state index in [1.54, 1.807) is 0 Å². The summed E-state index contributed by atoms with van der Waals surface area (Å²) >= 11 is 0. The molecule has 4 nitrogen and oxygen atoms in total. The average Bonchev–Trinajstić information content (AvgIpc) is 2.82. The minimum Gasteiger partial charge on any atom is -0.399 e. The molecule has 3 N–H and O–H groups in total. The number of nitrogens with two attached hydrogens (primary N) is 1. The zero-order valence-electron chi connectivity index (χ0n) is 10.9. The Morgan fingerprint density at radius 3 is 2.70 bits per heavy atom. The maximum atomic E-state index is 12.0. The molecule has 1 heterocycles. The van der Waals surface area contributed by atoms with Gasteiger partial charge in [-0.25, -0.2) is 0 Å². The number of hydrogen-bond acceptors (Lipinski definition) is 2. The maximum absolute atomic E-state index is 12.0. The lowest BCUT2D eigenvalue weighted by Crippen LogP contribution is -2.18. The van der Waals surface area contributed by atoms with E-state index in [0.717, 1.165) is 16.6 Å². The first-order valence-corrected chi connectivity index (χ1v) is 6.42. The Labute approximate surface area is 116 Å². The van der Waals surface area contributed by atoms with Crippen molar-refractivity contribution in [3.05, 3.63) is 60.8 Å². The Bertz CT molecular complexity index is 747. The average molecular weight is 265 g/mol. The molecule has 3 aromatic rings. The highest BCUT2D eigenvalue weighted by Crippen LogP contribution is 2.19. The van der Waals surface area contributed by atoms with Crippen LogP contribution < -0.4 is 11.1 Å². The Balaban J connectivity index is 1.79. The second-order valence-corrected chi connectivity index (χ2v) is 4.68. The number of fused-ring (bicyclic) bond motifs is 1. The van der Waals surface area contributed by atoms with Gasteiger partial charge in [-0.15, -0.1) is 0 Å². The molecule has 0 saturated carbocycles. The number of benzene rings is 2. The number of rotatable bonds is 3. The molecule has 100 valence electrons. The summed E-state index contributed by atoms with van der Waals surface area (Å²) in [5.41, 5.74) is 8.25. The van der Waals surface area contributed by atoms with Crippen LogP contribution in [0.3, 0.4) is 0 Å². The summed E-state index contributed by atoms with van der Waals surface area (Å²) in [5, 5.41) is 3.94. The van der Waals surface area contributed by atoms with Crippen LogP contribution in [0.5, 0.6) is 0 Å². The molecule has 0 bridgehead atoms. The highest BCUT2D eigenvalue weighted by atomic mass is 16.1. The van der Waals surface area contributed by atoms with Crippen LogP contribution >= 0.6 is 0 Å². The fraction of sp³-hybridized carbons (Fsp3) is 0.0625. The summed E-state index contributed by atoms with van der Waals surface area (Å²) in [4.78, 5) is 12.0. The van der Waals surface area contributed by atoms with Crippen LogP contribution in [-0.4, -0.2) is 10.5 Å². The normalized spacial score (nSPS) is 10.6. The summed E-state index contributed by atoms with van der Waals surface area (Å²) in [6.45, 7) is 0.266. The summed E-state index contributed by atoms with van der Waals surface area (Å²) in [7, 11) is 0. The predicted molar refractivity (Wildman–Crippen MR) is 81.4 cm³/mol. The van der Waals surface area contributed by atoms with E-state index in [1.165, 1.54) is 0 Å². The lowest BCUT2D eigenvalue weighted by molar-refractivity contribution is -0.116. The molecule has 3 rings (SSSR count). The Hall–Kier alpha value is -2.75. The number of nitrogens with zero attached hydrogens (tertiary/aromatic N) is 1. The van der Waals surface area contributed by atoms with Gasteiger partial charge in [0.1, 0.15) is 6.54 Å². The number of hydrogen-bond donors (Lipinski definition) is 2. The smallest absolute Gasteiger partial charge is 0.244 e. The summed E-state index contributed by atoms with van der Waals surface area (Å²) < 4.78 is 1.89. The third kappa shape index (κ3) is 2.49. The van der Waals surface area contributed by atoms with Gasteiger partial charge in [-0.3, -0.25) is 4.79 Å². The minimum atomic E-state index is -0.0591. The van der Waals surface area contributed by atoms with Gasteiger partial charge in [-0.2, -0.15) is 0 Å². The number of carbonyl (C=O) groups excluding carboxylic acids is 1. The number of carbonyl (C=O) groups is 1. The molecule has 0 aliphatic carbocycles. The number of aromatic nitrogens is 1. The molecule has 1 aromatic heterocycles. The molecule has 0 fully saturated rings. The molecular formula is C16H15N3O. The molecule has 0 radical (unpaired) electrons. The van der Waals surface area contributed by atoms with E-state index in [9.17, 15) is 4.79 Å². The molecule has 0 atom stereocenters. The van der Waals surface area contributed by atoms with Crippen molar-refractivity contribution in [3.8, 4) is 0 Å². The van der Waals surface area contributed by atoms with Gasteiger partial charge in [0.05, 0.1) is 5.52 Å². The number of anilines is 2. The molecule has 1 amide bonds. The molecule has 0 aliphatic rings. The van der Waals surface area contributed by atoms with E-state index in [4.69, 9.17) is 5.73 Å². The topological polar surface area (TPSA) is 60.0 Å². The van der Waals surface area contributed by atoms with Crippen LogP contribution in [0.2, 0.25) is 0 Å². The highest BCUT2D eigenvalue weighted by molar-refractivity contribution is 5.92. The Kier molecular flexibility index (Phi) is 3.13. The number of nitrogen functional groups attached to an aromatic ring is 1. The SMILES string of the molecule is Nc1ccc2ccn(CC(=O)Nc3ccccc3)c2c1. The molecule has 20 heavy (non-hydrogen) atoms. The van der Waals surface area contributed by atoms with Gasteiger partial charge < -0.3 is 15.6 Å². The van der Waals surface area contributed by atoms with Crippen LogP contribution in [0.4, 0.5) is 11.4 Å². The zero-order valence-corrected chi connectivity index (χ0v) is 10.9. The fourth-order valence-electron chi connectivity index (χ4n) is 2.22. The molecule has 0 unspecified atom stereocenters. The second-order valence-electron chi connectivity index (χ2n) is 4.68. The van der Waals surface area contributed by atoms with Gasteiger partial charge in [-0.05, 0) is 35.7 Å². The van der Waals surface area contributed by atoms with Crippen LogP contribution in [-0.2, 0) is 11.3 Å². The monoisotopic (exact) mass is 265 g/mol. The van der Waals surface area contributed by atoms with Crippen molar-refractivity contribution in [2.24, 2.45) is 0 Å². The van der Waals surface area contributed by atoms with Crippen LogP contribution in [0.15, 0.2) is 60.8 Å². The third-order valence-corrected chi connectivity index (χ3v) is 3.17. The lowest BCUT2D eigenvalue weighted by Gasteiger charge is -2.07. The summed E-state index contributed by atoms with van der Waals surface area (Å²) in [6, 6.07) is 17.1. The van der Waals surface area contributed by atoms with Crippen molar-refractivity contribution < 1.29 is 4.79 Å². The minimum absolute atomic E-state index is 0.0591. The van der Waals surface area contributed by atoms with Gasteiger partial charge in [0, 0.05) is 17.6 Å². The summed E-state index contributed by atoms with van der Waals surface area (Å²) in [5.74, 6) is -0.0591. The Morgan fingerprint density at radius 1 is 1.10 bits per heavy atom. The first-order chi connectivity index (χ1) is 9.72.